The minimum absolute atomic E-state index is 0.495. The van der Waals surface area contributed by atoms with E-state index in [0.717, 1.165) is 36.4 Å². The van der Waals surface area contributed by atoms with Crippen LogP contribution >= 0.6 is 0 Å². The highest BCUT2D eigenvalue weighted by molar-refractivity contribution is 5.41. The Labute approximate surface area is 123 Å². The van der Waals surface area contributed by atoms with Crippen LogP contribution in [0.5, 0.6) is 0 Å². The Morgan fingerprint density at radius 2 is 2.05 bits per heavy atom. The van der Waals surface area contributed by atoms with E-state index in [1.54, 1.807) is 0 Å². The lowest BCUT2D eigenvalue weighted by Gasteiger charge is -2.42. The van der Waals surface area contributed by atoms with Gasteiger partial charge in [0, 0.05) is 25.2 Å². The smallest absolute Gasteiger partial charge is 0.129 e. The quantitative estimate of drug-likeness (QED) is 0.912. The lowest BCUT2D eigenvalue weighted by atomic mass is 9.86. The van der Waals surface area contributed by atoms with Crippen molar-refractivity contribution in [2.24, 2.45) is 11.8 Å². The standard InChI is InChI=1S/C17H29N3/c1-12(2)18-10-16-7-6-8-17(19-16)20-11-13(3)9-14(4)15(20)5/h6-8,12-15,18H,9-11H2,1-5H3. The molecule has 0 aliphatic carbocycles. The topological polar surface area (TPSA) is 28.2 Å². The van der Waals surface area contributed by atoms with E-state index in [0.29, 0.717) is 12.1 Å². The van der Waals surface area contributed by atoms with Crippen LogP contribution in [0.3, 0.4) is 0 Å². The summed E-state index contributed by atoms with van der Waals surface area (Å²) in [5.74, 6) is 2.62. The summed E-state index contributed by atoms with van der Waals surface area (Å²) >= 11 is 0. The van der Waals surface area contributed by atoms with Crippen molar-refractivity contribution in [3.63, 3.8) is 0 Å². The van der Waals surface area contributed by atoms with Crippen molar-refractivity contribution in [3.05, 3.63) is 23.9 Å². The van der Waals surface area contributed by atoms with Crippen LogP contribution in [0.25, 0.3) is 0 Å². The zero-order valence-corrected chi connectivity index (χ0v) is 13.6. The molecule has 1 saturated heterocycles. The summed E-state index contributed by atoms with van der Waals surface area (Å²) in [7, 11) is 0. The van der Waals surface area contributed by atoms with Gasteiger partial charge in [-0.15, -0.1) is 0 Å². The molecule has 1 fully saturated rings. The van der Waals surface area contributed by atoms with Gasteiger partial charge in [0.2, 0.25) is 0 Å². The molecule has 0 amide bonds. The second-order valence-corrected chi connectivity index (χ2v) is 6.73. The Balaban J connectivity index is 2.13. The first-order valence-electron chi connectivity index (χ1n) is 7.93. The molecule has 3 heteroatoms. The lowest BCUT2D eigenvalue weighted by molar-refractivity contribution is 0.295. The van der Waals surface area contributed by atoms with Crippen LogP contribution in [-0.4, -0.2) is 23.6 Å². The molecule has 2 rings (SSSR count). The molecule has 1 aromatic rings. The molecule has 1 aliphatic heterocycles. The number of hydrogen-bond acceptors (Lipinski definition) is 3. The Morgan fingerprint density at radius 1 is 1.30 bits per heavy atom. The van der Waals surface area contributed by atoms with Crippen LogP contribution in [0.2, 0.25) is 0 Å². The van der Waals surface area contributed by atoms with Gasteiger partial charge in [-0.25, -0.2) is 4.98 Å². The molecule has 20 heavy (non-hydrogen) atoms. The number of pyridine rings is 1. The van der Waals surface area contributed by atoms with E-state index in [4.69, 9.17) is 4.98 Å². The molecule has 1 aromatic heterocycles. The number of rotatable bonds is 4. The van der Waals surface area contributed by atoms with Gasteiger partial charge in [0.1, 0.15) is 5.82 Å². The predicted molar refractivity (Wildman–Crippen MR) is 86.0 cm³/mol. The van der Waals surface area contributed by atoms with Gasteiger partial charge >= 0.3 is 0 Å². The van der Waals surface area contributed by atoms with Crippen LogP contribution < -0.4 is 10.2 Å². The summed E-state index contributed by atoms with van der Waals surface area (Å²) in [4.78, 5) is 7.33. The molecule has 0 aromatic carbocycles. The van der Waals surface area contributed by atoms with Gasteiger partial charge in [0.05, 0.1) is 5.69 Å². The Hall–Kier alpha value is -1.09. The van der Waals surface area contributed by atoms with Crippen molar-refractivity contribution in [3.8, 4) is 0 Å². The van der Waals surface area contributed by atoms with Crippen LogP contribution in [-0.2, 0) is 6.54 Å². The minimum atomic E-state index is 0.495. The van der Waals surface area contributed by atoms with Gasteiger partial charge in [-0.05, 0) is 37.3 Å². The molecule has 1 aliphatic rings. The van der Waals surface area contributed by atoms with Gasteiger partial charge in [-0.2, -0.15) is 0 Å². The van der Waals surface area contributed by atoms with Crippen molar-refractivity contribution in [2.75, 3.05) is 11.4 Å². The maximum atomic E-state index is 4.85. The zero-order chi connectivity index (χ0) is 14.7. The van der Waals surface area contributed by atoms with E-state index in [2.05, 4.69) is 63.0 Å². The van der Waals surface area contributed by atoms with Gasteiger partial charge < -0.3 is 10.2 Å². The lowest BCUT2D eigenvalue weighted by Crippen LogP contribution is -2.46. The summed E-state index contributed by atoms with van der Waals surface area (Å²) in [6.07, 6.45) is 1.33. The largest absolute Gasteiger partial charge is 0.353 e. The van der Waals surface area contributed by atoms with Crippen molar-refractivity contribution >= 4 is 5.82 Å². The summed E-state index contributed by atoms with van der Waals surface area (Å²) in [6.45, 7) is 13.3. The summed E-state index contributed by atoms with van der Waals surface area (Å²) < 4.78 is 0. The van der Waals surface area contributed by atoms with Crippen molar-refractivity contribution in [1.82, 2.24) is 10.3 Å². The van der Waals surface area contributed by atoms with Gasteiger partial charge in [0.25, 0.3) is 0 Å². The highest BCUT2D eigenvalue weighted by Crippen LogP contribution is 2.30. The maximum Gasteiger partial charge on any atom is 0.129 e. The SMILES string of the molecule is CC1CC(C)C(C)N(c2cccc(CNC(C)C)n2)C1. The average Bonchev–Trinajstić information content (AvgIpc) is 2.41. The third-order valence-corrected chi connectivity index (χ3v) is 4.38. The molecule has 0 radical (unpaired) electrons. The van der Waals surface area contributed by atoms with E-state index in [-0.39, 0.29) is 0 Å². The van der Waals surface area contributed by atoms with E-state index in [1.165, 1.54) is 6.42 Å². The van der Waals surface area contributed by atoms with E-state index < -0.39 is 0 Å². The van der Waals surface area contributed by atoms with Crippen LogP contribution in [0, 0.1) is 11.8 Å². The number of hydrogen-bond donors (Lipinski definition) is 1. The Bertz CT molecular complexity index is 430. The highest BCUT2D eigenvalue weighted by atomic mass is 15.2. The minimum Gasteiger partial charge on any atom is -0.353 e. The molecule has 1 N–H and O–H groups in total. The summed E-state index contributed by atoms with van der Waals surface area (Å²) in [5.41, 5.74) is 1.13. The fraction of sp³-hybridized carbons (Fsp3) is 0.706. The molecular weight excluding hydrogens is 246 g/mol. The first-order valence-corrected chi connectivity index (χ1v) is 7.93. The van der Waals surface area contributed by atoms with Gasteiger partial charge in [-0.3, -0.25) is 0 Å². The second kappa shape index (κ2) is 6.57. The van der Waals surface area contributed by atoms with Crippen molar-refractivity contribution < 1.29 is 0 Å². The first-order chi connectivity index (χ1) is 9.47. The molecular formula is C17H29N3. The number of nitrogens with zero attached hydrogens (tertiary/aromatic N) is 2. The Morgan fingerprint density at radius 3 is 2.75 bits per heavy atom. The molecule has 3 atom stereocenters. The fourth-order valence-corrected chi connectivity index (χ4v) is 3.05. The molecule has 0 spiro atoms. The van der Waals surface area contributed by atoms with E-state index >= 15 is 0 Å². The van der Waals surface area contributed by atoms with Gasteiger partial charge in [-0.1, -0.05) is 33.8 Å². The number of nitrogens with one attached hydrogen (secondary N) is 1. The molecule has 0 saturated carbocycles. The van der Waals surface area contributed by atoms with Crippen molar-refractivity contribution in [1.29, 1.82) is 0 Å². The van der Waals surface area contributed by atoms with Crippen molar-refractivity contribution in [2.45, 2.75) is 59.7 Å². The van der Waals surface area contributed by atoms with E-state index in [1.807, 2.05) is 0 Å². The Kier molecular flexibility index (Phi) is 5.03. The first kappa shape index (κ1) is 15.3. The zero-order valence-electron chi connectivity index (χ0n) is 13.6. The van der Waals surface area contributed by atoms with Crippen LogP contribution in [0.4, 0.5) is 5.82 Å². The molecule has 2 heterocycles. The monoisotopic (exact) mass is 275 g/mol. The molecule has 112 valence electrons. The number of piperidine rings is 1. The second-order valence-electron chi connectivity index (χ2n) is 6.73. The predicted octanol–water partition coefficient (Wildman–Crippen LogP) is 3.45. The summed E-state index contributed by atoms with van der Waals surface area (Å²) in [6, 6.07) is 7.47. The van der Waals surface area contributed by atoms with E-state index in [9.17, 15) is 0 Å². The number of aromatic nitrogens is 1. The number of anilines is 1. The summed E-state index contributed by atoms with van der Waals surface area (Å²) in [5, 5.41) is 3.44. The molecule has 0 bridgehead atoms. The van der Waals surface area contributed by atoms with Crippen LogP contribution in [0.15, 0.2) is 18.2 Å². The third-order valence-electron chi connectivity index (χ3n) is 4.38. The molecule has 3 unspecified atom stereocenters. The third kappa shape index (κ3) is 3.72. The van der Waals surface area contributed by atoms with Gasteiger partial charge in [0.15, 0.2) is 0 Å². The normalized spacial score (nSPS) is 27.1. The fourth-order valence-electron chi connectivity index (χ4n) is 3.05. The average molecular weight is 275 g/mol. The van der Waals surface area contributed by atoms with Crippen LogP contribution in [0.1, 0.15) is 46.7 Å². The molecule has 3 nitrogen and oxygen atoms in total. The highest BCUT2D eigenvalue weighted by Gasteiger charge is 2.29. The maximum absolute atomic E-state index is 4.85.